The van der Waals surface area contributed by atoms with E-state index < -0.39 is 0 Å². The first-order valence-electron chi connectivity index (χ1n) is 21.3. The summed E-state index contributed by atoms with van der Waals surface area (Å²) in [4.78, 5) is 18.9. The van der Waals surface area contributed by atoms with Crippen molar-refractivity contribution in [2.24, 2.45) is 0 Å². The van der Waals surface area contributed by atoms with Crippen LogP contribution >= 0.6 is 11.3 Å². The van der Waals surface area contributed by atoms with Crippen molar-refractivity contribution in [2.75, 3.05) is 0 Å². The van der Waals surface area contributed by atoms with E-state index in [9.17, 15) is 0 Å². The van der Waals surface area contributed by atoms with Gasteiger partial charge in [-0.1, -0.05) is 107 Å². The van der Waals surface area contributed by atoms with Crippen molar-refractivity contribution >= 4 is 230 Å². The molecule has 0 amide bonds. The molecule has 0 saturated heterocycles. The van der Waals surface area contributed by atoms with Gasteiger partial charge in [-0.15, -0.1) is 49.6 Å². The van der Waals surface area contributed by atoms with Crippen molar-refractivity contribution in [1.29, 1.82) is 0 Å². The predicted octanol–water partition coefficient (Wildman–Crippen LogP) is -3.86. The molecule has 0 fully saturated rings. The lowest BCUT2D eigenvalue weighted by Crippen LogP contribution is -2.55. The van der Waals surface area contributed by atoms with Gasteiger partial charge in [0.25, 0.3) is 0 Å². The Morgan fingerprint density at radius 3 is 1.41 bits per heavy atom. The van der Waals surface area contributed by atoms with Gasteiger partial charge >= 0.3 is 0 Å². The van der Waals surface area contributed by atoms with E-state index in [0.717, 1.165) is 27.4 Å². The minimum absolute atomic E-state index is 0.00912. The van der Waals surface area contributed by atoms with Crippen LogP contribution in [0.1, 0.15) is 25.0 Å². The molecule has 69 heavy (non-hydrogen) atoms. The summed E-state index contributed by atoms with van der Waals surface area (Å²) < 4.78 is 8.13. The molecule has 3 aromatic heterocycles. The van der Waals surface area contributed by atoms with Gasteiger partial charge < -0.3 is 4.42 Å². The summed E-state index contributed by atoms with van der Waals surface area (Å²) in [6.45, 7) is 4.51. The molecule has 1 aliphatic carbocycles. The van der Waals surface area contributed by atoms with Gasteiger partial charge in [-0.3, -0.25) is 0 Å². The minimum atomic E-state index is -0.264. The number of rotatable bonds is 5. The Hall–Kier alpha value is -5.85. The van der Waals surface area contributed by atoms with Crippen LogP contribution in [0, 0.1) is 0 Å². The molecule has 0 unspecified atom stereocenters. The van der Waals surface area contributed by atoms with Crippen LogP contribution in [0.15, 0.2) is 76.7 Å². The highest BCUT2D eigenvalue weighted by Gasteiger charge is 2.37. The van der Waals surface area contributed by atoms with Crippen LogP contribution in [0.4, 0.5) is 0 Å². The summed E-state index contributed by atoms with van der Waals surface area (Å²) in [5.41, 5.74) is 10.7. The van der Waals surface area contributed by atoms with Crippen LogP contribution in [0.25, 0.3) is 99.7 Å². The van der Waals surface area contributed by atoms with Crippen LogP contribution in [0.3, 0.4) is 0 Å². The second-order valence-electron chi connectivity index (χ2n) is 17.6. The maximum absolute atomic E-state index is 7.23. The quantitative estimate of drug-likeness (QED) is 0.166. The van der Waals surface area contributed by atoms with E-state index in [1.54, 1.807) is 11.3 Å². The first-order chi connectivity index (χ1) is 32.8. The third-order valence-electron chi connectivity index (χ3n) is 13.6. The molecule has 20 heteroatoms. The number of hydrogen-bond donors (Lipinski definition) is 0. The number of nitrogens with zero attached hydrogens (tertiary/aromatic N) is 4. The lowest BCUT2D eigenvalue weighted by atomic mass is 9.60. The summed E-state index contributed by atoms with van der Waals surface area (Å²) >= 11 is 1.66. The Bertz CT molecular complexity index is 3820. The fourth-order valence-corrected chi connectivity index (χ4v) is 10.7. The lowest BCUT2D eigenvalue weighted by molar-refractivity contribution is 0.660. The van der Waals surface area contributed by atoms with Crippen molar-refractivity contribution < 1.29 is 4.42 Å². The van der Waals surface area contributed by atoms with Gasteiger partial charge in [0, 0.05) is 49.6 Å². The summed E-state index contributed by atoms with van der Waals surface area (Å²) in [6, 6.07) is 22.6. The van der Waals surface area contributed by atoms with E-state index in [2.05, 4.69) is 49.2 Å². The van der Waals surface area contributed by atoms with Gasteiger partial charge in [-0.2, -0.15) is 0 Å². The standard InChI is InChI=1S/C49H18B14N4OS/c1-49(2)21-11-12-23-45(69-14-64-23)24(21)19-10-9-15(13-22(19)49)16-5-3-6-17-18-7-4-8-20(44(18)68-43(16)17)25-29(50)26(31(52)36(57)30(25)51)46-65-47(27-32(53)37(58)41(62)38(59)33(27)54)67-48(66-46)28-34(55)39(60)42(63)40(61)35(28)56/h3-14H,1-2H3. The van der Waals surface area contributed by atoms with Crippen molar-refractivity contribution in [3.05, 3.63) is 83.4 Å². The average Bonchev–Trinajstić information content (AvgIpc) is 4.04. The molecule has 7 aromatic carbocycles. The number of hydrogen-bond acceptors (Lipinski definition) is 6. The number of thiazole rings is 1. The topological polar surface area (TPSA) is 64.7 Å². The first-order valence-corrected chi connectivity index (χ1v) is 22.2. The van der Waals surface area contributed by atoms with Crippen LogP contribution in [-0.2, 0) is 5.41 Å². The predicted molar refractivity (Wildman–Crippen MR) is 300 cm³/mol. The molecular weight excluding hydrogens is 844 g/mol. The Labute approximate surface area is 421 Å². The second-order valence-corrected chi connectivity index (χ2v) is 18.5. The molecule has 0 aliphatic heterocycles. The van der Waals surface area contributed by atoms with E-state index in [1.807, 2.05) is 41.9 Å². The molecule has 0 atom stereocenters. The van der Waals surface area contributed by atoms with Gasteiger partial charge in [0.1, 0.15) is 121 Å². The molecule has 0 bridgehead atoms. The van der Waals surface area contributed by atoms with E-state index in [0.29, 0.717) is 16.7 Å². The van der Waals surface area contributed by atoms with Gasteiger partial charge in [-0.05, 0) is 39.9 Å². The molecular formula is C49H18B14N4OS. The summed E-state index contributed by atoms with van der Waals surface area (Å²) in [6.07, 6.45) is 0. The minimum Gasteiger partial charge on any atom is -0.455 e. The van der Waals surface area contributed by atoms with E-state index in [1.165, 1.54) is 27.0 Å². The molecule has 3 heterocycles. The van der Waals surface area contributed by atoms with Crippen molar-refractivity contribution in [3.8, 4) is 67.5 Å². The number of fused-ring (bicyclic) bond motifs is 8. The largest absolute Gasteiger partial charge is 0.455 e. The third kappa shape index (κ3) is 6.49. The van der Waals surface area contributed by atoms with Gasteiger partial charge in [0.05, 0.1) is 15.7 Å². The van der Waals surface area contributed by atoms with Gasteiger partial charge in [0.2, 0.25) is 0 Å². The molecule has 1 aliphatic rings. The van der Waals surface area contributed by atoms with Crippen LogP contribution < -0.4 is 76.5 Å². The first kappa shape index (κ1) is 45.6. The zero-order chi connectivity index (χ0) is 48.9. The normalized spacial score (nSPS) is 12.8. The highest BCUT2D eigenvalue weighted by molar-refractivity contribution is 7.17. The van der Waals surface area contributed by atoms with Crippen LogP contribution in [0.2, 0.25) is 0 Å². The highest BCUT2D eigenvalue weighted by Crippen LogP contribution is 2.53. The van der Waals surface area contributed by atoms with E-state index in [-0.39, 0.29) is 122 Å². The molecule has 0 N–H and O–H groups in total. The number of furan rings is 1. The van der Waals surface area contributed by atoms with Gasteiger partial charge in [0.15, 0.2) is 17.5 Å². The third-order valence-corrected chi connectivity index (χ3v) is 14.5. The maximum Gasteiger partial charge on any atom is 0.162 e. The maximum atomic E-state index is 7.23. The molecule has 288 valence electrons. The fourth-order valence-electron chi connectivity index (χ4n) is 9.81. The summed E-state index contributed by atoms with van der Waals surface area (Å²) in [5, 5.41) is 1.65. The van der Waals surface area contributed by atoms with Crippen molar-refractivity contribution in [1.82, 2.24) is 19.9 Å². The van der Waals surface area contributed by atoms with Crippen molar-refractivity contribution in [3.63, 3.8) is 0 Å². The average molecular weight is 862 g/mol. The Kier molecular flexibility index (Phi) is 10.6. The molecule has 10 aromatic rings. The van der Waals surface area contributed by atoms with Gasteiger partial charge in [-0.25, -0.2) is 19.9 Å². The molecule has 11 rings (SSSR count). The van der Waals surface area contributed by atoms with E-state index in [4.69, 9.17) is 129 Å². The van der Waals surface area contributed by atoms with Crippen LogP contribution in [-0.4, -0.2) is 130 Å². The summed E-state index contributed by atoms with van der Waals surface area (Å²) in [7, 11) is 91.5. The lowest BCUT2D eigenvalue weighted by Gasteiger charge is -2.25. The highest BCUT2D eigenvalue weighted by atomic mass is 32.1. The fraction of sp³-hybridized carbons (Fsp3) is 0.0612. The molecule has 5 nitrogen and oxygen atoms in total. The Morgan fingerprint density at radius 2 is 0.870 bits per heavy atom. The second kappa shape index (κ2) is 16.1. The zero-order valence-corrected chi connectivity index (χ0v) is 37.9. The molecule has 28 radical (unpaired) electrons. The number of aromatic nitrogens is 4. The monoisotopic (exact) mass is 864 g/mol. The molecule has 0 spiro atoms. The number of benzene rings is 7. The SMILES string of the molecule is [B]c1c([B])c([B])c(-c2nc(-c3c([B])c([B])c([B])c([B])c3[B])nc(-c3c([B])c([B])c([B])c(-c4cccc5c4oc4c(-c6ccc7c(c6)C(C)(C)c6ccc8ncsc8c6-7)cccc45)c3[B])n2)c([B])c1[B]. The Balaban J connectivity index is 1.13. The summed E-state index contributed by atoms with van der Waals surface area (Å²) in [5.74, 6) is -0.459. The smallest absolute Gasteiger partial charge is 0.162 e. The van der Waals surface area contributed by atoms with Crippen molar-refractivity contribution in [2.45, 2.75) is 19.3 Å². The van der Waals surface area contributed by atoms with E-state index >= 15 is 0 Å². The Morgan fingerprint density at radius 1 is 0.420 bits per heavy atom. The zero-order valence-electron chi connectivity index (χ0n) is 37.1. The number of para-hydroxylation sites is 2. The molecule has 0 saturated carbocycles. The van der Waals surface area contributed by atoms with Crippen LogP contribution in [0.5, 0.6) is 0 Å².